The molecule has 0 radical (unpaired) electrons. The van der Waals surface area contributed by atoms with Gasteiger partial charge in [-0.05, 0) is 49.6 Å². The van der Waals surface area contributed by atoms with Crippen LogP contribution in [-0.4, -0.2) is 43.6 Å². The van der Waals surface area contributed by atoms with E-state index < -0.39 is 6.03 Å². The molecule has 0 spiro atoms. The minimum absolute atomic E-state index is 0.225. The van der Waals surface area contributed by atoms with E-state index in [1.807, 2.05) is 19.1 Å². The van der Waals surface area contributed by atoms with Gasteiger partial charge < -0.3 is 10.1 Å². The van der Waals surface area contributed by atoms with Crippen molar-refractivity contribution in [3.05, 3.63) is 29.3 Å². The lowest BCUT2D eigenvalue weighted by Gasteiger charge is -2.19. The van der Waals surface area contributed by atoms with Gasteiger partial charge in [0.25, 0.3) is 0 Å². The van der Waals surface area contributed by atoms with Gasteiger partial charge in [0.15, 0.2) is 0 Å². The molecular weight excluding hydrogens is 282 g/mol. The zero-order chi connectivity index (χ0) is 15.9. The summed E-state index contributed by atoms with van der Waals surface area (Å²) in [7, 11) is 1.66. The number of carbonyl (C=O) groups is 2. The first-order chi connectivity index (χ1) is 10.6. The molecule has 6 heteroatoms. The van der Waals surface area contributed by atoms with E-state index in [0.717, 1.165) is 25.1 Å². The Labute approximate surface area is 130 Å². The lowest BCUT2D eigenvalue weighted by Crippen LogP contribution is -2.44. The first-order valence-electron chi connectivity index (χ1n) is 7.58. The monoisotopic (exact) mass is 305 g/mol. The van der Waals surface area contributed by atoms with Gasteiger partial charge in [0, 0.05) is 13.1 Å². The molecule has 0 unspecified atom stereocenters. The van der Waals surface area contributed by atoms with Crippen molar-refractivity contribution in [3.63, 3.8) is 0 Å². The van der Waals surface area contributed by atoms with Gasteiger partial charge in [0.05, 0.1) is 13.7 Å². The molecule has 0 atom stereocenters. The quantitative estimate of drug-likeness (QED) is 0.879. The minimum atomic E-state index is -0.438. The summed E-state index contributed by atoms with van der Waals surface area (Å²) in [6.07, 6.45) is 1.95. The molecule has 1 heterocycles. The molecular formula is C16H23N3O3. The van der Waals surface area contributed by atoms with Crippen LogP contribution < -0.4 is 15.4 Å². The molecule has 1 aliphatic heterocycles. The van der Waals surface area contributed by atoms with Gasteiger partial charge >= 0.3 is 6.03 Å². The average Bonchev–Trinajstić information content (AvgIpc) is 2.67. The molecule has 1 aromatic carbocycles. The Bertz CT molecular complexity index is 545. The summed E-state index contributed by atoms with van der Waals surface area (Å²) < 4.78 is 5.26. The maximum absolute atomic E-state index is 11.9. The van der Waals surface area contributed by atoms with Gasteiger partial charge in [-0.3, -0.25) is 15.0 Å². The fraction of sp³-hybridized carbons (Fsp3) is 0.500. The number of fused-ring (bicyclic) bond motifs is 1. The maximum Gasteiger partial charge on any atom is 0.321 e. The Morgan fingerprint density at radius 3 is 2.86 bits per heavy atom. The van der Waals surface area contributed by atoms with Crippen molar-refractivity contribution >= 4 is 11.9 Å². The number of urea groups is 1. The number of carbonyl (C=O) groups excluding carboxylic acids is 2. The lowest BCUT2D eigenvalue weighted by atomic mass is 10.0. The molecule has 0 saturated heterocycles. The molecule has 2 rings (SSSR count). The fourth-order valence-electron chi connectivity index (χ4n) is 2.64. The van der Waals surface area contributed by atoms with Crippen molar-refractivity contribution < 1.29 is 14.3 Å². The van der Waals surface area contributed by atoms with E-state index in [1.165, 1.54) is 11.1 Å². The van der Waals surface area contributed by atoms with E-state index in [0.29, 0.717) is 13.1 Å². The second-order valence-corrected chi connectivity index (χ2v) is 5.36. The number of hydrogen-bond acceptors (Lipinski definition) is 4. The summed E-state index contributed by atoms with van der Waals surface area (Å²) in [5, 5.41) is 4.89. The van der Waals surface area contributed by atoms with Gasteiger partial charge in [-0.25, -0.2) is 4.79 Å². The zero-order valence-corrected chi connectivity index (χ0v) is 13.1. The van der Waals surface area contributed by atoms with Gasteiger partial charge in [0.2, 0.25) is 5.91 Å². The van der Waals surface area contributed by atoms with Crippen LogP contribution in [0.1, 0.15) is 24.5 Å². The standard InChI is InChI=1S/C16H23N3O3/c1-3-17-16(21)18-15(20)11-19-8-4-5-12-9-14(22-2)7-6-13(12)10-19/h6-7,9H,3-5,8,10-11H2,1-2H3,(H2,17,18,20,21). The van der Waals surface area contributed by atoms with Crippen LogP contribution in [0.3, 0.4) is 0 Å². The Morgan fingerprint density at radius 2 is 2.14 bits per heavy atom. The van der Waals surface area contributed by atoms with E-state index >= 15 is 0 Å². The fourth-order valence-corrected chi connectivity index (χ4v) is 2.64. The van der Waals surface area contributed by atoms with Crippen molar-refractivity contribution in [1.29, 1.82) is 0 Å². The number of amides is 3. The van der Waals surface area contributed by atoms with Crippen LogP contribution in [0.15, 0.2) is 18.2 Å². The molecule has 0 aromatic heterocycles. The second kappa shape index (κ2) is 7.79. The van der Waals surface area contributed by atoms with E-state index in [-0.39, 0.29) is 12.5 Å². The highest BCUT2D eigenvalue weighted by Gasteiger charge is 2.18. The summed E-state index contributed by atoms with van der Waals surface area (Å²) in [4.78, 5) is 25.3. The first-order valence-corrected chi connectivity index (χ1v) is 7.58. The predicted octanol–water partition coefficient (Wildman–Crippen LogP) is 1.29. The van der Waals surface area contributed by atoms with E-state index in [9.17, 15) is 9.59 Å². The highest BCUT2D eigenvalue weighted by molar-refractivity contribution is 5.95. The largest absolute Gasteiger partial charge is 0.497 e. The van der Waals surface area contributed by atoms with E-state index in [4.69, 9.17) is 4.74 Å². The number of hydrogen-bond donors (Lipinski definition) is 2. The molecule has 22 heavy (non-hydrogen) atoms. The minimum Gasteiger partial charge on any atom is -0.497 e. The van der Waals surface area contributed by atoms with Crippen LogP contribution in [0, 0.1) is 0 Å². The SMILES string of the molecule is CCNC(=O)NC(=O)CN1CCCc2cc(OC)ccc2C1. The van der Waals surface area contributed by atoms with Crippen LogP contribution in [0.25, 0.3) is 0 Å². The number of aryl methyl sites for hydroxylation is 1. The number of methoxy groups -OCH3 is 1. The number of rotatable bonds is 4. The summed E-state index contributed by atoms with van der Waals surface area (Å²) in [5.74, 6) is 0.587. The molecule has 6 nitrogen and oxygen atoms in total. The molecule has 1 aliphatic rings. The Hall–Kier alpha value is -2.08. The number of benzene rings is 1. The van der Waals surface area contributed by atoms with E-state index in [2.05, 4.69) is 21.6 Å². The Kier molecular flexibility index (Phi) is 5.77. The number of ether oxygens (including phenoxy) is 1. The van der Waals surface area contributed by atoms with E-state index in [1.54, 1.807) is 7.11 Å². The Balaban J connectivity index is 1.95. The van der Waals surface area contributed by atoms with Gasteiger partial charge in [-0.1, -0.05) is 6.07 Å². The van der Waals surface area contributed by atoms with Crippen molar-refractivity contribution in [2.75, 3.05) is 26.7 Å². The van der Waals surface area contributed by atoms with Crippen molar-refractivity contribution in [1.82, 2.24) is 15.5 Å². The summed E-state index contributed by atoms with van der Waals surface area (Å²) in [5.41, 5.74) is 2.48. The van der Waals surface area contributed by atoms with Crippen molar-refractivity contribution in [3.8, 4) is 5.75 Å². The average molecular weight is 305 g/mol. The molecule has 0 fully saturated rings. The van der Waals surface area contributed by atoms with Crippen LogP contribution in [0.2, 0.25) is 0 Å². The molecule has 120 valence electrons. The smallest absolute Gasteiger partial charge is 0.321 e. The number of nitrogens with one attached hydrogen (secondary N) is 2. The normalized spacial score (nSPS) is 14.6. The van der Waals surface area contributed by atoms with Crippen LogP contribution in [0.5, 0.6) is 5.75 Å². The van der Waals surface area contributed by atoms with Gasteiger partial charge in [-0.2, -0.15) is 0 Å². The maximum atomic E-state index is 11.9. The third-order valence-corrected chi connectivity index (χ3v) is 3.69. The summed E-state index contributed by atoms with van der Waals surface area (Å²) in [6, 6.07) is 5.62. The second-order valence-electron chi connectivity index (χ2n) is 5.36. The summed E-state index contributed by atoms with van der Waals surface area (Å²) in [6.45, 7) is 4.08. The zero-order valence-electron chi connectivity index (χ0n) is 13.1. The van der Waals surface area contributed by atoms with Crippen LogP contribution >= 0.6 is 0 Å². The third kappa shape index (κ3) is 4.46. The molecule has 1 aromatic rings. The van der Waals surface area contributed by atoms with Crippen molar-refractivity contribution in [2.45, 2.75) is 26.3 Å². The van der Waals surface area contributed by atoms with Gasteiger partial charge in [0.1, 0.15) is 5.75 Å². The summed E-state index contributed by atoms with van der Waals surface area (Å²) >= 11 is 0. The molecule has 3 amide bonds. The third-order valence-electron chi connectivity index (χ3n) is 3.69. The number of imide groups is 1. The molecule has 0 saturated carbocycles. The molecule has 0 aliphatic carbocycles. The molecule has 0 bridgehead atoms. The Morgan fingerprint density at radius 1 is 1.32 bits per heavy atom. The van der Waals surface area contributed by atoms with Crippen molar-refractivity contribution in [2.24, 2.45) is 0 Å². The highest BCUT2D eigenvalue weighted by atomic mass is 16.5. The highest BCUT2D eigenvalue weighted by Crippen LogP contribution is 2.23. The number of nitrogens with zero attached hydrogens (tertiary/aromatic N) is 1. The predicted molar refractivity (Wildman–Crippen MR) is 83.8 cm³/mol. The molecule has 2 N–H and O–H groups in total. The lowest BCUT2D eigenvalue weighted by molar-refractivity contribution is -0.121. The van der Waals surface area contributed by atoms with Crippen LogP contribution in [-0.2, 0) is 17.8 Å². The first kappa shape index (κ1) is 16.3. The van der Waals surface area contributed by atoms with Gasteiger partial charge in [-0.15, -0.1) is 0 Å². The van der Waals surface area contributed by atoms with Crippen LogP contribution in [0.4, 0.5) is 4.79 Å². The topological polar surface area (TPSA) is 70.7 Å².